The number of carboxylic acids is 1. The number of hydrogen-bond donors (Lipinski definition) is 1. The molecule has 0 bridgehead atoms. The van der Waals surface area contributed by atoms with Crippen molar-refractivity contribution in [3.63, 3.8) is 0 Å². The Morgan fingerprint density at radius 2 is 2.00 bits per heavy atom. The number of carbonyl (C=O) groups is 1. The van der Waals surface area contributed by atoms with Crippen LogP contribution >= 0.6 is 0 Å². The first-order chi connectivity index (χ1) is 6.54. The number of aliphatic carboxylic acids is 1. The van der Waals surface area contributed by atoms with Gasteiger partial charge in [-0.15, -0.1) is 0 Å². The smallest absolute Gasteiger partial charge is 0.337 e. The molecule has 0 aromatic carbocycles. The normalized spacial score (nSPS) is 14.4. The van der Waals surface area contributed by atoms with Crippen LogP contribution in [0.2, 0.25) is 0 Å². The number of hydrogen-bond acceptors (Lipinski definition) is 2. The van der Waals surface area contributed by atoms with Crippen LogP contribution in [0.5, 0.6) is 0 Å². The van der Waals surface area contributed by atoms with Crippen molar-refractivity contribution in [1.29, 1.82) is 0 Å². The van der Waals surface area contributed by atoms with Gasteiger partial charge < -0.3 is 5.11 Å². The quantitative estimate of drug-likeness (QED) is 0.425. The van der Waals surface area contributed by atoms with E-state index >= 15 is 0 Å². The van der Waals surface area contributed by atoms with Crippen molar-refractivity contribution in [1.82, 2.24) is 0 Å². The second-order valence-electron chi connectivity index (χ2n) is 3.03. The molecule has 3 heteroatoms. The van der Waals surface area contributed by atoms with Gasteiger partial charge in [-0.05, 0) is 25.8 Å². The molecule has 78 valence electrons. The van der Waals surface area contributed by atoms with Gasteiger partial charge in [0.25, 0.3) is 0 Å². The van der Waals surface area contributed by atoms with Crippen molar-refractivity contribution in [3.8, 4) is 0 Å². The minimum absolute atomic E-state index is 0.259. The van der Waals surface area contributed by atoms with Gasteiger partial charge in [0.2, 0.25) is 0 Å². The molecule has 1 N–H and O–H groups in total. The van der Waals surface area contributed by atoms with Crippen LogP contribution < -0.4 is 0 Å². The predicted molar refractivity (Wildman–Crippen MR) is 58.8 cm³/mol. The highest BCUT2D eigenvalue weighted by Gasteiger charge is 2.09. The molecule has 0 aromatic heterocycles. The molecular formula is C11H17NO2. The Kier molecular flexibility index (Phi) is 5.53. The minimum Gasteiger partial charge on any atom is -0.478 e. The standard InChI is InChI=1S/C11H17NO2/c1-5-6-8(2)9(3)10(7-12-4)11(13)14/h6-7H,5H2,1-4H3,(H,13,14)/b8-6+,10-9+,12-7?. The van der Waals surface area contributed by atoms with Crippen LogP contribution in [0.4, 0.5) is 0 Å². The fraction of sp³-hybridized carbons (Fsp3) is 0.455. The summed E-state index contributed by atoms with van der Waals surface area (Å²) >= 11 is 0. The van der Waals surface area contributed by atoms with Crippen LogP contribution in [0.25, 0.3) is 0 Å². The lowest BCUT2D eigenvalue weighted by atomic mass is 10.0. The van der Waals surface area contributed by atoms with Crippen molar-refractivity contribution in [2.24, 2.45) is 4.99 Å². The largest absolute Gasteiger partial charge is 0.478 e. The number of rotatable bonds is 4. The Morgan fingerprint density at radius 3 is 2.36 bits per heavy atom. The lowest BCUT2D eigenvalue weighted by Gasteiger charge is -2.04. The fourth-order valence-corrected chi connectivity index (χ4v) is 1.11. The number of aliphatic imine (C=N–C) groups is 1. The summed E-state index contributed by atoms with van der Waals surface area (Å²) in [6, 6.07) is 0. The van der Waals surface area contributed by atoms with E-state index < -0.39 is 5.97 Å². The van der Waals surface area contributed by atoms with Crippen LogP contribution in [0, 0.1) is 0 Å². The molecule has 14 heavy (non-hydrogen) atoms. The summed E-state index contributed by atoms with van der Waals surface area (Å²) < 4.78 is 0. The zero-order valence-corrected chi connectivity index (χ0v) is 9.16. The fourth-order valence-electron chi connectivity index (χ4n) is 1.11. The second kappa shape index (κ2) is 6.13. The van der Waals surface area contributed by atoms with Crippen LogP contribution in [-0.2, 0) is 4.79 Å². The van der Waals surface area contributed by atoms with Gasteiger partial charge in [0.1, 0.15) is 0 Å². The first kappa shape index (κ1) is 12.6. The summed E-state index contributed by atoms with van der Waals surface area (Å²) in [5.41, 5.74) is 2.02. The minimum atomic E-state index is -0.933. The number of allylic oxidation sites excluding steroid dienone is 3. The molecule has 0 amide bonds. The molecule has 0 saturated heterocycles. The van der Waals surface area contributed by atoms with Gasteiger partial charge in [0.05, 0.1) is 5.57 Å². The van der Waals surface area contributed by atoms with E-state index in [1.54, 1.807) is 14.0 Å². The molecule has 3 nitrogen and oxygen atoms in total. The molecular weight excluding hydrogens is 178 g/mol. The third kappa shape index (κ3) is 3.56. The Morgan fingerprint density at radius 1 is 1.43 bits per heavy atom. The Labute approximate surface area is 84.9 Å². The van der Waals surface area contributed by atoms with Crippen molar-refractivity contribution in [2.75, 3.05) is 7.05 Å². The number of carboxylic acid groups (broad SMARTS) is 1. The highest BCUT2D eigenvalue weighted by Crippen LogP contribution is 2.13. The highest BCUT2D eigenvalue weighted by molar-refractivity contribution is 6.09. The van der Waals surface area contributed by atoms with E-state index in [-0.39, 0.29) is 5.57 Å². The van der Waals surface area contributed by atoms with Gasteiger partial charge in [-0.3, -0.25) is 4.99 Å². The van der Waals surface area contributed by atoms with E-state index in [0.717, 1.165) is 17.6 Å². The van der Waals surface area contributed by atoms with E-state index in [9.17, 15) is 4.79 Å². The highest BCUT2D eigenvalue weighted by atomic mass is 16.4. The van der Waals surface area contributed by atoms with Gasteiger partial charge in [0.15, 0.2) is 0 Å². The van der Waals surface area contributed by atoms with Crippen LogP contribution in [-0.4, -0.2) is 24.3 Å². The summed E-state index contributed by atoms with van der Waals surface area (Å²) in [5.74, 6) is -0.933. The lowest BCUT2D eigenvalue weighted by molar-refractivity contribution is -0.132. The summed E-state index contributed by atoms with van der Waals surface area (Å²) in [6.07, 6.45) is 4.28. The third-order valence-electron chi connectivity index (χ3n) is 1.99. The molecule has 0 atom stereocenters. The predicted octanol–water partition coefficient (Wildman–Crippen LogP) is 2.44. The monoisotopic (exact) mass is 195 g/mol. The zero-order chi connectivity index (χ0) is 11.1. The Hall–Kier alpha value is -1.38. The first-order valence-corrected chi connectivity index (χ1v) is 4.58. The van der Waals surface area contributed by atoms with Crippen molar-refractivity contribution < 1.29 is 9.90 Å². The second-order valence-corrected chi connectivity index (χ2v) is 3.03. The van der Waals surface area contributed by atoms with Crippen LogP contribution in [0.1, 0.15) is 27.2 Å². The molecule has 0 radical (unpaired) electrons. The topological polar surface area (TPSA) is 49.7 Å². The summed E-state index contributed by atoms with van der Waals surface area (Å²) in [5, 5.41) is 8.92. The zero-order valence-electron chi connectivity index (χ0n) is 9.16. The van der Waals surface area contributed by atoms with Crippen LogP contribution in [0.3, 0.4) is 0 Å². The van der Waals surface area contributed by atoms with Gasteiger partial charge in [-0.2, -0.15) is 0 Å². The maximum atomic E-state index is 10.9. The number of nitrogens with zero attached hydrogens (tertiary/aromatic N) is 1. The Balaban J connectivity index is 5.19. The molecule has 0 rings (SSSR count). The lowest BCUT2D eigenvalue weighted by Crippen LogP contribution is -2.05. The van der Waals surface area contributed by atoms with E-state index in [2.05, 4.69) is 4.99 Å². The van der Waals surface area contributed by atoms with Crippen molar-refractivity contribution in [2.45, 2.75) is 27.2 Å². The molecule has 0 aliphatic rings. The molecule has 0 unspecified atom stereocenters. The van der Waals surface area contributed by atoms with Gasteiger partial charge in [0, 0.05) is 13.3 Å². The van der Waals surface area contributed by atoms with E-state index in [0.29, 0.717) is 0 Å². The van der Waals surface area contributed by atoms with Gasteiger partial charge in [-0.25, -0.2) is 4.79 Å². The average Bonchev–Trinajstić information content (AvgIpc) is 2.13. The van der Waals surface area contributed by atoms with Gasteiger partial charge >= 0.3 is 5.97 Å². The van der Waals surface area contributed by atoms with Crippen molar-refractivity contribution >= 4 is 12.2 Å². The average molecular weight is 195 g/mol. The van der Waals surface area contributed by atoms with E-state index in [4.69, 9.17) is 5.11 Å². The first-order valence-electron chi connectivity index (χ1n) is 4.58. The molecule has 0 heterocycles. The molecule has 0 spiro atoms. The maximum Gasteiger partial charge on any atom is 0.337 e. The molecule has 0 aliphatic carbocycles. The van der Waals surface area contributed by atoms with Gasteiger partial charge in [-0.1, -0.05) is 18.6 Å². The van der Waals surface area contributed by atoms with Crippen molar-refractivity contribution in [3.05, 3.63) is 22.8 Å². The summed E-state index contributed by atoms with van der Waals surface area (Å²) in [6.45, 7) is 5.73. The van der Waals surface area contributed by atoms with E-state index in [1.807, 2.05) is 19.9 Å². The summed E-state index contributed by atoms with van der Waals surface area (Å²) in [4.78, 5) is 14.6. The molecule has 0 aliphatic heterocycles. The third-order valence-corrected chi connectivity index (χ3v) is 1.99. The SMILES string of the molecule is CC/C=C(C)/C(C)=C(\C=NC)C(=O)O. The molecule has 0 aromatic rings. The van der Waals surface area contributed by atoms with E-state index in [1.165, 1.54) is 6.21 Å². The molecule has 0 fully saturated rings. The Bertz CT molecular complexity index is 298. The summed E-state index contributed by atoms with van der Waals surface area (Å²) in [7, 11) is 1.56. The molecule has 0 saturated carbocycles. The van der Waals surface area contributed by atoms with Crippen LogP contribution in [0.15, 0.2) is 27.8 Å². The maximum absolute atomic E-state index is 10.9.